The molecule has 0 aromatic heterocycles. The SMILES string of the molecule is CCOCc1ccccc1NS(=O)(=O)C=Cc1ccc(Cl)cc1. The number of anilines is 1. The highest BCUT2D eigenvalue weighted by Gasteiger charge is 2.09. The van der Waals surface area contributed by atoms with Crippen molar-refractivity contribution in [1.82, 2.24) is 0 Å². The fourth-order valence-electron chi connectivity index (χ4n) is 1.89. The van der Waals surface area contributed by atoms with E-state index >= 15 is 0 Å². The highest BCUT2D eigenvalue weighted by atomic mass is 35.5. The first-order valence-corrected chi connectivity index (χ1v) is 9.05. The molecule has 0 heterocycles. The fourth-order valence-corrected chi connectivity index (χ4v) is 2.92. The average Bonchev–Trinajstić information content (AvgIpc) is 2.53. The third kappa shape index (κ3) is 5.71. The molecule has 0 aliphatic rings. The van der Waals surface area contributed by atoms with Crippen LogP contribution in [0.3, 0.4) is 0 Å². The molecule has 0 saturated heterocycles. The third-order valence-electron chi connectivity index (χ3n) is 3.04. The zero-order valence-electron chi connectivity index (χ0n) is 12.7. The molecule has 122 valence electrons. The summed E-state index contributed by atoms with van der Waals surface area (Å²) in [5.74, 6) is 0. The minimum Gasteiger partial charge on any atom is -0.377 e. The third-order valence-corrected chi connectivity index (χ3v) is 4.29. The Hall–Kier alpha value is -1.82. The number of ether oxygens (including phenoxy) is 1. The van der Waals surface area contributed by atoms with Gasteiger partial charge in [-0.15, -0.1) is 0 Å². The molecule has 0 radical (unpaired) electrons. The topological polar surface area (TPSA) is 55.4 Å². The Morgan fingerprint density at radius 3 is 2.52 bits per heavy atom. The van der Waals surface area contributed by atoms with E-state index in [2.05, 4.69) is 4.72 Å². The summed E-state index contributed by atoms with van der Waals surface area (Å²) in [7, 11) is -3.61. The number of hydrogen-bond acceptors (Lipinski definition) is 3. The van der Waals surface area contributed by atoms with Gasteiger partial charge >= 0.3 is 0 Å². The van der Waals surface area contributed by atoms with Crippen LogP contribution < -0.4 is 4.72 Å². The molecule has 0 saturated carbocycles. The van der Waals surface area contributed by atoms with Gasteiger partial charge in [0.25, 0.3) is 10.0 Å². The average molecular weight is 352 g/mol. The Morgan fingerprint density at radius 1 is 1.13 bits per heavy atom. The largest absolute Gasteiger partial charge is 0.377 e. The number of rotatable bonds is 7. The van der Waals surface area contributed by atoms with Gasteiger partial charge in [0.05, 0.1) is 17.7 Å². The zero-order valence-corrected chi connectivity index (χ0v) is 14.3. The molecular formula is C17H18ClNO3S. The highest BCUT2D eigenvalue weighted by molar-refractivity contribution is 7.95. The molecule has 0 bridgehead atoms. The minimum absolute atomic E-state index is 0.357. The van der Waals surface area contributed by atoms with Crippen LogP contribution >= 0.6 is 11.6 Å². The van der Waals surface area contributed by atoms with E-state index in [1.54, 1.807) is 36.4 Å². The molecule has 0 aliphatic carbocycles. The lowest BCUT2D eigenvalue weighted by Gasteiger charge is -2.10. The number of benzene rings is 2. The molecule has 0 fully saturated rings. The van der Waals surface area contributed by atoms with Crippen molar-refractivity contribution in [2.24, 2.45) is 0 Å². The maximum Gasteiger partial charge on any atom is 0.255 e. The van der Waals surface area contributed by atoms with Gasteiger partial charge in [-0.1, -0.05) is 41.9 Å². The Morgan fingerprint density at radius 2 is 1.83 bits per heavy atom. The van der Waals surface area contributed by atoms with Crippen LogP contribution in [0.4, 0.5) is 5.69 Å². The molecule has 2 aromatic rings. The highest BCUT2D eigenvalue weighted by Crippen LogP contribution is 2.18. The van der Waals surface area contributed by atoms with Crippen LogP contribution in [0.2, 0.25) is 5.02 Å². The van der Waals surface area contributed by atoms with E-state index in [0.717, 1.165) is 16.5 Å². The summed E-state index contributed by atoms with van der Waals surface area (Å²) in [6.07, 6.45) is 1.52. The van der Waals surface area contributed by atoms with Gasteiger partial charge in [-0.3, -0.25) is 4.72 Å². The summed E-state index contributed by atoms with van der Waals surface area (Å²) in [6.45, 7) is 2.81. The standard InChI is InChI=1S/C17H18ClNO3S/c1-2-22-13-15-5-3-4-6-17(15)19-23(20,21)12-11-14-7-9-16(18)10-8-14/h3-12,19H,2,13H2,1H3. The van der Waals surface area contributed by atoms with E-state index in [1.807, 2.05) is 19.1 Å². The number of hydrogen-bond donors (Lipinski definition) is 1. The molecule has 2 rings (SSSR count). The lowest BCUT2D eigenvalue weighted by atomic mass is 10.2. The monoisotopic (exact) mass is 351 g/mol. The van der Waals surface area contributed by atoms with Gasteiger partial charge < -0.3 is 4.74 Å². The van der Waals surface area contributed by atoms with E-state index in [9.17, 15) is 8.42 Å². The van der Waals surface area contributed by atoms with Crippen molar-refractivity contribution in [2.75, 3.05) is 11.3 Å². The Balaban J connectivity index is 2.13. The van der Waals surface area contributed by atoms with E-state index in [0.29, 0.717) is 23.9 Å². The summed E-state index contributed by atoms with van der Waals surface area (Å²) in [6, 6.07) is 14.1. The Bertz CT molecular complexity index is 771. The Kier molecular flexibility index (Phi) is 6.21. The molecular weight excluding hydrogens is 334 g/mol. The van der Waals surface area contributed by atoms with Crippen LogP contribution in [0, 0.1) is 0 Å². The molecule has 23 heavy (non-hydrogen) atoms. The molecule has 0 spiro atoms. The predicted molar refractivity (Wildman–Crippen MR) is 94.8 cm³/mol. The first-order chi connectivity index (χ1) is 11.0. The molecule has 1 N–H and O–H groups in total. The molecule has 0 atom stereocenters. The number of para-hydroxylation sites is 1. The van der Waals surface area contributed by atoms with Crippen molar-refractivity contribution < 1.29 is 13.2 Å². The quantitative estimate of drug-likeness (QED) is 0.809. The first-order valence-electron chi connectivity index (χ1n) is 7.12. The lowest BCUT2D eigenvalue weighted by molar-refractivity contribution is 0.134. The summed E-state index contributed by atoms with van der Waals surface area (Å²) < 4.78 is 32.3. The van der Waals surface area contributed by atoms with Crippen LogP contribution in [0.15, 0.2) is 53.9 Å². The van der Waals surface area contributed by atoms with Gasteiger partial charge in [-0.25, -0.2) is 8.42 Å². The van der Waals surface area contributed by atoms with Gasteiger partial charge in [-0.05, 0) is 36.8 Å². The van der Waals surface area contributed by atoms with Gasteiger partial charge in [0.1, 0.15) is 0 Å². The molecule has 2 aromatic carbocycles. The molecule has 0 aliphatic heterocycles. The predicted octanol–water partition coefficient (Wildman–Crippen LogP) is 4.29. The zero-order chi connectivity index (χ0) is 16.7. The maximum atomic E-state index is 12.2. The fraction of sp³-hybridized carbons (Fsp3) is 0.176. The second-order valence-corrected chi connectivity index (χ2v) is 6.80. The molecule has 0 unspecified atom stereocenters. The van der Waals surface area contributed by atoms with E-state index in [4.69, 9.17) is 16.3 Å². The molecule has 0 amide bonds. The lowest BCUT2D eigenvalue weighted by Crippen LogP contribution is -2.11. The summed E-state index contributed by atoms with van der Waals surface area (Å²) in [4.78, 5) is 0. The van der Waals surface area contributed by atoms with Crippen molar-refractivity contribution in [3.8, 4) is 0 Å². The molecule has 4 nitrogen and oxygen atoms in total. The first kappa shape index (κ1) is 17.5. The minimum atomic E-state index is -3.61. The van der Waals surface area contributed by atoms with Crippen molar-refractivity contribution in [2.45, 2.75) is 13.5 Å². The summed E-state index contributed by atoms with van der Waals surface area (Å²) in [5.41, 5.74) is 2.06. The van der Waals surface area contributed by atoms with Crippen LogP contribution in [0.5, 0.6) is 0 Å². The van der Waals surface area contributed by atoms with Crippen LogP contribution in [0.25, 0.3) is 6.08 Å². The van der Waals surface area contributed by atoms with Gasteiger partial charge in [-0.2, -0.15) is 0 Å². The summed E-state index contributed by atoms with van der Waals surface area (Å²) >= 11 is 5.80. The van der Waals surface area contributed by atoms with Crippen LogP contribution in [0.1, 0.15) is 18.1 Å². The Labute approximate surface area is 141 Å². The second kappa shape index (κ2) is 8.15. The van der Waals surface area contributed by atoms with Crippen LogP contribution in [-0.4, -0.2) is 15.0 Å². The van der Waals surface area contributed by atoms with Crippen molar-refractivity contribution in [1.29, 1.82) is 0 Å². The number of nitrogens with one attached hydrogen (secondary N) is 1. The van der Waals surface area contributed by atoms with Crippen molar-refractivity contribution in [3.63, 3.8) is 0 Å². The normalized spacial score (nSPS) is 11.7. The van der Waals surface area contributed by atoms with Crippen molar-refractivity contribution >= 4 is 33.4 Å². The van der Waals surface area contributed by atoms with Crippen molar-refractivity contribution in [3.05, 3.63) is 70.1 Å². The maximum absolute atomic E-state index is 12.2. The second-order valence-electron chi connectivity index (χ2n) is 4.80. The summed E-state index contributed by atoms with van der Waals surface area (Å²) in [5, 5.41) is 1.74. The molecule has 6 heteroatoms. The number of halogens is 1. The van der Waals surface area contributed by atoms with Gasteiger partial charge in [0, 0.05) is 17.2 Å². The van der Waals surface area contributed by atoms with E-state index in [1.165, 1.54) is 6.08 Å². The number of sulfonamides is 1. The smallest absolute Gasteiger partial charge is 0.255 e. The van der Waals surface area contributed by atoms with Gasteiger partial charge in [0.2, 0.25) is 0 Å². The van der Waals surface area contributed by atoms with E-state index in [-0.39, 0.29) is 0 Å². The van der Waals surface area contributed by atoms with Crippen LogP contribution in [-0.2, 0) is 21.4 Å². The van der Waals surface area contributed by atoms with E-state index < -0.39 is 10.0 Å². The van der Waals surface area contributed by atoms with Gasteiger partial charge in [0.15, 0.2) is 0 Å².